The predicted molar refractivity (Wildman–Crippen MR) is 73.0 cm³/mol. The van der Waals surface area contributed by atoms with Crippen LogP contribution in [0.2, 0.25) is 0 Å². The van der Waals surface area contributed by atoms with Crippen LogP contribution in [0.3, 0.4) is 0 Å². The maximum atomic E-state index is 14.1. The van der Waals surface area contributed by atoms with Gasteiger partial charge in [0.05, 0.1) is 5.56 Å². The van der Waals surface area contributed by atoms with E-state index in [9.17, 15) is 22.4 Å². The summed E-state index contributed by atoms with van der Waals surface area (Å²) < 4.78 is 65.0. The molecule has 0 fully saturated rings. The summed E-state index contributed by atoms with van der Waals surface area (Å²) >= 11 is 0. The molecule has 136 valence electrons. The Labute approximate surface area is 141 Å². The van der Waals surface area contributed by atoms with Gasteiger partial charge in [0.25, 0.3) is 0 Å². The van der Waals surface area contributed by atoms with Crippen LogP contribution >= 0.6 is 0 Å². The molecule has 3 rings (SSSR count). The van der Waals surface area contributed by atoms with E-state index in [-0.39, 0.29) is 23.6 Å². The first-order valence-electron chi connectivity index (χ1n) is 6.91. The summed E-state index contributed by atoms with van der Waals surface area (Å²) in [5.74, 6) is -3.44. The Morgan fingerprint density at radius 3 is 2.65 bits per heavy atom. The van der Waals surface area contributed by atoms with Crippen LogP contribution in [-0.2, 0) is 17.5 Å². The lowest BCUT2D eigenvalue weighted by Gasteiger charge is -2.04. The number of carbonyl (C=O) groups excluding carboxylic acids is 1. The number of benzene rings is 1. The minimum Gasteiger partial charge on any atom is -0.365 e. The third kappa shape index (κ3) is 3.91. The van der Waals surface area contributed by atoms with E-state index in [1.54, 1.807) is 0 Å². The SMILES string of the molecule is O=C(COCc1ncon1)c1ccc(-c2noc(C(F)(F)F)n2)cc1F. The monoisotopic (exact) mass is 372 g/mol. The highest BCUT2D eigenvalue weighted by Gasteiger charge is 2.38. The molecule has 3 aromatic rings. The number of alkyl halides is 3. The lowest BCUT2D eigenvalue weighted by Crippen LogP contribution is -2.11. The summed E-state index contributed by atoms with van der Waals surface area (Å²) in [5, 5.41) is 6.61. The lowest BCUT2D eigenvalue weighted by molar-refractivity contribution is -0.159. The van der Waals surface area contributed by atoms with Gasteiger partial charge in [-0.1, -0.05) is 16.4 Å². The highest BCUT2D eigenvalue weighted by atomic mass is 19.4. The molecule has 1 aromatic carbocycles. The predicted octanol–water partition coefficient (Wildman–Crippen LogP) is 2.68. The zero-order chi connectivity index (χ0) is 18.7. The summed E-state index contributed by atoms with van der Waals surface area (Å²) in [6.45, 7) is -0.559. The molecule has 8 nitrogen and oxygen atoms in total. The molecule has 0 N–H and O–H groups in total. The molecule has 0 amide bonds. The zero-order valence-electron chi connectivity index (χ0n) is 12.7. The van der Waals surface area contributed by atoms with Gasteiger partial charge in [0.15, 0.2) is 11.6 Å². The average molecular weight is 372 g/mol. The minimum atomic E-state index is -4.81. The van der Waals surface area contributed by atoms with Gasteiger partial charge in [0.2, 0.25) is 12.2 Å². The highest BCUT2D eigenvalue weighted by Crippen LogP contribution is 2.29. The molecule has 0 saturated carbocycles. The van der Waals surface area contributed by atoms with Crippen LogP contribution in [0.5, 0.6) is 0 Å². The van der Waals surface area contributed by atoms with E-state index < -0.39 is 36.1 Å². The van der Waals surface area contributed by atoms with E-state index in [0.717, 1.165) is 18.5 Å². The number of rotatable bonds is 6. The number of Topliss-reactive ketones (excluding diaryl/α,β-unsaturated/α-hetero) is 1. The molecule has 26 heavy (non-hydrogen) atoms. The van der Waals surface area contributed by atoms with Gasteiger partial charge in [-0.3, -0.25) is 4.79 Å². The van der Waals surface area contributed by atoms with Crippen molar-refractivity contribution in [2.75, 3.05) is 6.61 Å². The summed E-state index contributed by atoms with van der Waals surface area (Å²) in [4.78, 5) is 18.8. The molecule has 0 unspecified atom stereocenters. The quantitative estimate of drug-likeness (QED) is 0.480. The molecule has 2 heterocycles. The Morgan fingerprint density at radius 2 is 2.04 bits per heavy atom. The fourth-order valence-electron chi connectivity index (χ4n) is 1.90. The van der Waals surface area contributed by atoms with E-state index >= 15 is 0 Å². The van der Waals surface area contributed by atoms with Crippen molar-refractivity contribution in [3.63, 3.8) is 0 Å². The van der Waals surface area contributed by atoms with E-state index in [4.69, 9.17) is 4.74 Å². The summed E-state index contributed by atoms with van der Waals surface area (Å²) in [7, 11) is 0. The number of carbonyl (C=O) groups is 1. The topological polar surface area (TPSA) is 104 Å². The van der Waals surface area contributed by atoms with E-state index in [2.05, 4.69) is 29.3 Å². The Bertz CT molecular complexity index is 908. The first-order chi connectivity index (χ1) is 12.3. The average Bonchev–Trinajstić information content (AvgIpc) is 3.26. The van der Waals surface area contributed by atoms with Crippen LogP contribution in [0, 0.1) is 5.82 Å². The normalized spacial score (nSPS) is 11.7. The number of hydrogen-bond acceptors (Lipinski definition) is 8. The van der Waals surface area contributed by atoms with Crippen molar-refractivity contribution in [1.29, 1.82) is 0 Å². The lowest BCUT2D eigenvalue weighted by atomic mass is 10.1. The van der Waals surface area contributed by atoms with Crippen LogP contribution in [0.15, 0.2) is 33.6 Å². The molecule has 0 aliphatic rings. The van der Waals surface area contributed by atoms with Gasteiger partial charge in [-0.05, 0) is 12.1 Å². The maximum Gasteiger partial charge on any atom is 0.471 e. The molecule has 0 spiro atoms. The van der Waals surface area contributed by atoms with Crippen LogP contribution in [0.1, 0.15) is 22.1 Å². The van der Waals surface area contributed by atoms with Crippen LogP contribution < -0.4 is 0 Å². The molecule has 0 atom stereocenters. The van der Waals surface area contributed by atoms with Gasteiger partial charge < -0.3 is 13.8 Å². The van der Waals surface area contributed by atoms with Crippen molar-refractivity contribution < 1.29 is 36.1 Å². The fourth-order valence-corrected chi connectivity index (χ4v) is 1.90. The molecule has 0 aliphatic carbocycles. The first-order valence-corrected chi connectivity index (χ1v) is 6.91. The van der Waals surface area contributed by atoms with Crippen molar-refractivity contribution in [3.05, 3.63) is 47.7 Å². The smallest absolute Gasteiger partial charge is 0.365 e. The first kappa shape index (κ1) is 17.7. The Hall–Kier alpha value is -3.15. The molecule has 0 saturated heterocycles. The van der Waals surface area contributed by atoms with Gasteiger partial charge in [0, 0.05) is 5.56 Å². The highest BCUT2D eigenvalue weighted by molar-refractivity contribution is 5.97. The third-order valence-electron chi connectivity index (χ3n) is 3.07. The zero-order valence-corrected chi connectivity index (χ0v) is 12.7. The third-order valence-corrected chi connectivity index (χ3v) is 3.07. The van der Waals surface area contributed by atoms with Crippen LogP contribution in [0.4, 0.5) is 17.6 Å². The number of halogens is 4. The molecular formula is C14H8F4N4O4. The van der Waals surface area contributed by atoms with Gasteiger partial charge >= 0.3 is 12.1 Å². The second-order valence-corrected chi connectivity index (χ2v) is 4.88. The number of nitrogens with zero attached hydrogens (tertiary/aromatic N) is 4. The van der Waals surface area contributed by atoms with Crippen LogP contribution in [-0.4, -0.2) is 32.7 Å². The van der Waals surface area contributed by atoms with Crippen molar-refractivity contribution in [3.8, 4) is 11.4 Å². The van der Waals surface area contributed by atoms with Gasteiger partial charge in [-0.15, -0.1) is 0 Å². The summed E-state index contributed by atoms with van der Waals surface area (Å²) in [6.07, 6.45) is -3.73. The van der Waals surface area contributed by atoms with Crippen molar-refractivity contribution >= 4 is 5.78 Å². The van der Waals surface area contributed by atoms with E-state index in [1.807, 2.05) is 0 Å². The van der Waals surface area contributed by atoms with E-state index in [1.165, 1.54) is 6.07 Å². The van der Waals surface area contributed by atoms with Gasteiger partial charge in [0.1, 0.15) is 19.0 Å². The van der Waals surface area contributed by atoms with Gasteiger partial charge in [-0.25, -0.2) is 4.39 Å². The van der Waals surface area contributed by atoms with E-state index in [0.29, 0.717) is 0 Å². The molecule has 0 radical (unpaired) electrons. The van der Waals surface area contributed by atoms with Crippen molar-refractivity contribution in [2.24, 2.45) is 0 Å². The van der Waals surface area contributed by atoms with Crippen molar-refractivity contribution in [2.45, 2.75) is 12.8 Å². The Kier molecular flexibility index (Phi) is 4.75. The second-order valence-electron chi connectivity index (χ2n) is 4.88. The minimum absolute atomic E-state index is 0.0778. The molecular weight excluding hydrogens is 364 g/mol. The molecule has 0 bridgehead atoms. The number of aromatic nitrogens is 4. The number of hydrogen-bond donors (Lipinski definition) is 0. The maximum absolute atomic E-state index is 14.1. The second kappa shape index (κ2) is 7.00. The molecule has 2 aromatic heterocycles. The summed E-state index contributed by atoms with van der Waals surface area (Å²) in [6, 6.07) is 3.12. The largest absolute Gasteiger partial charge is 0.471 e. The van der Waals surface area contributed by atoms with Crippen molar-refractivity contribution in [1.82, 2.24) is 20.3 Å². The van der Waals surface area contributed by atoms with Crippen LogP contribution in [0.25, 0.3) is 11.4 Å². The Balaban J connectivity index is 1.68. The number of ketones is 1. The standard InChI is InChI=1S/C14H8F4N4O4/c15-9-3-7(12-20-13(26-22-12)14(16,17)18)1-2-8(9)10(23)4-24-5-11-19-6-25-21-11/h1-3,6H,4-5H2. The van der Waals surface area contributed by atoms with Gasteiger partial charge in [-0.2, -0.15) is 23.1 Å². The molecule has 12 heteroatoms. The number of ether oxygens (including phenoxy) is 1. The summed E-state index contributed by atoms with van der Waals surface area (Å²) in [5.41, 5.74) is -0.382. The fraction of sp³-hybridized carbons (Fsp3) is 0.214. The Morgan fingerprint density at radius 1 is 1.23 bits per heavy atom. The molecule has 0 aliphatic heterocycles.